The van der Waals surface area contributed by atoms with Crippen LogP contribution >= 0.6 is 11.3 Å². The van der Waals surface area contributed by atoms with Crippen LogP contribution in [-0.4, -0.2) is 27.6 Å². The molecule has 17 heavy (non-hydrogen) atoms. The van der Waals surface area contributed by atoms with Crippen molar-refractivity contribution in [3.63, 3.8) is 0 Å². The SMILES string of the molecule is COC(=O)c1nc(C)n(Cc2cncs2)c1N. The zero-order valence-electron chi connectivity index (χ0n) is 9.51. The van der Waals surface area contributed by atoms with Gasteiger partial charge >= 0.3 is 5.97 Å². The third-order valence-corrected chi connectivity index (χ3v) is 3.14. The van der Waals surface area contributed by atoms with E-state index in [9.17, 15) is 4.79 Å². The first kappa shape index (κ1) is 11.6. The Bertz CT molecular complexity index is 533. The molecule has 0 amide bonds. The van der Waals surface area contributed by atoms with Crippen molar-refractivity contribution in [3.05, 3.63) is 28.1 Å². The van der Waals surface area contributed by atoms with Crippen LogP contribution in [0.5, 0.6) is 0 Å². The maximum absolute atomic E-state index is 11.4. The molecule has 0 unspecified atom stereocenters. The van der Waals surface area contributed by atoms with Crippen molar-refractivity contribution in [2.45, 2.75) is 13.5 Å². The van der Waals surface area contributed by atoms with Crippen LogP contribution in [0.15, 0.2) is 11.7 Å². The average Bonchev–Trinajstić information content (AvgIpc) is 2.91. The van der Waals surface area contributed by atoms with Gasteiger partial charge in [0.25, 0.3) is 0 Å². The van der Waals surface area contributed by atoms with Crippen molar-refractivity contribution >= 4 is 23.1 Å². The van der Waals surface area contributed by atoms with Crippen LogP contribution in [-0.2, 0) is 11.3 Å². The minimum atomic E-state index is -0.520. The number of nitrogens with two attached hydrogens (primary N) is 1. The number of methoxy groups -OCH3 is 1. The second-order valence-electron chi connectivity index (χ2n) is 3.44. The van der Waals surface area contributed by atoms with Crippen molar-refractivity contribution in [3.8, 4) is 0 Å². The first-order valence-electron chi connectivity index (χ1n) is 4.91. The fourth-order valence-electron chi connectivity index (χ4n) is 1.50. The number of carbonyl (C=O) groups is 1. The van der Waals surface area contributed by atoms with Gasteiger partial charge in [0, 0.05) is 11.1 Å². The van der Waals surface area contributed by atoms with Crippen LogP contribution in [0.1, 0.15) is 21.2 Å². The summed E-state index contributed by atoms with van der Waals surface area (Å²) in [5, 5.41) is 0. The number of nitrogens with zero attached hydrogens (tertiary/aromatic N) is 3. The molecule has 90 valence electrons. The molecule has 0 saturated heterocycles. The second-order valence-corrected chi connectivity index (χ2v) is 4.41. The minimum absolute atomic E-state index is 0.162. The minimum Gasteiger partial charge on any atom is -0.464 e. The summed E-state index contributed by atoms with van der Waals surface area (Å²) in [6, 6.07) is 0. The van der Waals surface area contributed by atoms with Crippen LogP contribution in [0, 0.1) is 6.92 Å². The van der Waals surface area contributed by atoms with Crippen molar-refractivity contribution in [1.82, 2.24) is 14.5 Å². The highest BCUT2D eigenvalue weighted by molar-refractivity contribution is 7.09. The van der Waals surface area contributed by atoms with E-state index in [-0.39, 0.29) is 5.69 Å². The fraction of sp³-hybridized carbons (Fsp3) is 0.300. The van der Waals surface area contributed by atoms with Gasteiger partial charge in [-0.15, -0.1) is 11.3 Å². The molecule has 2 rings (SSSR count). The molecular weight excluding hydrogens is 240 g/mol. The third-order valence-electron chi connectivity index (χ3n) is 2.37. The lowest BCUT2D eigenvalue weighted by Crippen LogP contribution is -2.09. The third kappa shape index (κ3) is 2.14. The maximum atomic E-state index is 11.4. The van der Waals surface area contributed by atoms with E-state index in [2.05, 4.69) is 14.7 Å². The summed E-state index contributed by atoms with van der Waals surface area (Å²) >= 11 is 1.53. The lowest BCUT2D eigenvalue weighted by Gasteiger charge is -2.05. The highest BCUT2D eigenvalue weighted by Crippen LogP contribution is 2.18. The molecule has 0 bridgehead atoms. The molecule has 0 saturated carbocycles. The van der Waals surface area contributed by atoms with Gasteiger partial charge in [-0.2, -0.15) is 0 Å². The lowest BCUT2D eigenvalue weighted by atomic mass is 10.4. The number of hydrogen-bond donors (Lipinski definition) is 1. The fourth-order valence-corrected chi connectivity index (χ4v) is 2.09. The van der Waals surface area contributed by atoms with Crippen molar-refractivity contribution in [2.24, 2.45) is 0 Å². The van der Waals surface area contributed by atoms with Crippen LogP contribution in [0.3, 0.4) is 0 Å². The summed E-state index contributed by atoms with van der Waals surface area (Å²) in [4.78, 5) is 20.6. The first-order valence-corrected chi connectivity index (χ1v) is 5.79. The van der Waals surface area contributed by atoms with Gasteiger partial charge in [0.1, 0.15) is 11.6 Å². The Morgan fingerprint density at radius 3 is 3.00 bits per heavy atom. The molecule has 0 aliphatic rings. The van der Waals surface area contributed by atoms with Gasteiger partial charge in [-0.1, -0.05) is 0 Å². The van der Waals surface area contributed by atoms with E-state index in [0.29, 0.717) is 18.2 Å². The molecule has 2 aromatic rings. The average molecular weight is 252 g/mol. The Hall–Kier alpha value is -1.89. The van der Waals surface area contributed by atoms with Gasteiger partial charge < -0.3 is 15.0 Å². The highest BCUT2D eigenvalue weighted by atomic mass is 32.1. The Balaban J connectivity index is 2.35. The zero-order valence-corrected chi connectivity index (χ0v) is 10.3. The normalized spacial score (nSPS) is 10.5. The molecule has 2 aromatic heterocycles. The van der Waals surface area contributed by atoms with E-state index in [0.717, 1.165) is 4.88 Å². The number of esters is 1. The summed E-state index contributed by atoms with van der Waals surface area (Å²) in [6.07, 6.45) is 1.77. The van der Waals surface area contributed by atoms with Gasteiger partial charge in [0.15, 0.2) is 5.69 Å². The topological polar surface area (TPSA) is 83.0 Å². The molecule has 0 fully saturated rings. The summed E-state index contributed by atoms with van der Waals surface area (Å²) in [6.45, 7) is 2.36. The Labute approximate surface area is 102 Å². The molecule has 2 heterocycles. The second kappa shape index (κ2) is 4.54. The largest absolute Gasteiger partial charge is 0.464 e. The molecule has 2 N–H and O–H groups in total. The number of imidazole rings is 1. The summed E-state index contributed by atoms with van der Waals surface area (Å²) in [7, 11) is 1.30. The van der Waals surface area contributed by atoms with E-state index in [1.54, 1.807) is 23.2 Å². The predicted molar refractivity (Wildman–Crippen MR) is 63.9 cm³/mol. The molecular formula is C10H12N4O2S. The number of anilines is 1. The van der Waals surface area contributed by atoms with Crippen LogP contribution in [0.4, 0.5) is 5.82 Å². The van der Waals surface area contributed by atoms with E-state index in [1.807, 2.05) is 0 Å². The Morgan fingerprint density at radius 2 is 2.41 bits per heavy atom. The van der Waals surface area contributed by atoms with Crippen LogP contribution in [0.2, 0.25) is 0 Å². The molecule has 0 aliphatic heterocycles. The summed E-state index contributed by atoms with van der Waals surface area (Å²) in [5.74, 6) is 0.479. The zero-order chi connectivity index (χ0) is 12.4. The summed E-state index contributed by atoms with van der Waals surface area (Å²) < 4.78 is 6.38. The number of aromatic nitrogens is 3. The standard InChI is InChI=1S/C10H12N4O2S/c1-6-13-8(10(15)16-2)9(11)14(6)4-7-3-12-5-17-7/h3,5H,4,11H2,1-2H3. The number of carbonyl (C=O) groups excluding carboxylic acids is 1. The van der Waals surface area contributed by atoms with Gasteiger partial charge in [0.2, 0.25) is 0 Å². The van der Waals surface area contributed by atoms with E-state index in [1.165, 1.54) is 18.4 Å². The Kier molecular flexibility index (Phi) is 3.10. The van der Waals surface area contributed by atoms with Crippen molar-refractivity contribution < 1.29 is 9.53 Å². The molecule has 0 radical (unpaired) electrons. The molecule has 0 aliphatic carbocycles. The van der Waals surface area contributed by atoms with Crippen molar-refractivity contribution in [2.75, 3.05) is 12.8 Å². The lowest BCUT2D eigenvalue weighted by molar-refractivity contribution is 0.0595. The first-order chi connectivity index (χ1) is 8.13. The molecule has 6 nitrogen and oxygen atoms in total. The van der Waals surface area contributed by atoms with Gasteiger partial charge in [-0.05, 0) is 6.92 Å². The number of rotatable bonds is 3. The number of ether oxygens (including phenoxy) is 1. The van der Waals surface area contributed by atoms with Gasteiger partial charge in [-0.3, -0.25) is 4.98 Å². The number of nitrogen functional groups attached to an aromatic ring is 1. The van der Waals surface area contributed by atoms with E-state index in [4.69, 9.17) is 5.73 Å². The smallest absolute Gasteiger partial charge is 0.360 e. The monoisotopic (exact) mass is 252 g/mol. The molecule has 7 heteroatoms. The Morgan fingerprint density at radius 1 is 1.65 bits per heavy atom. The molecule has 0 spiro atoms. The van der Waals surface area contributed by atoms with Gasteiger partial charge in [0.05, 0.1) is 19.2 Å². The van der Waals surface area contributed by atoms with Crippen molar-refractivity contribution in [1.29, 1.82) is 0 Å². The quantitative estimate of drug-likeness (QED) is 0.826. The molecule has 0 aromatic carbocycles. The molecule has 0 atom stereocenters. The van der Waals surface area contributed by atoms with Crippen LogP contribution < -0.4 is 5.73 Å². The van der Waals surface area contributed by atoms with Gasteiger partial charge in [-0.25, -0.2) is 9.78 Å². The number of aryl methyl sites for hydroxylation is 1. The van der Waals surface area contributed by atoms with E-state index < -0.39 is 5.97 Å². The summed E-state index contributed by atoms with van der Waals surface area (Å²) in [5.41, 5.74) is 7.79. The number of thiazole rings is 1. The predicted octanol–water partition coefficient (Wildman–Crippen LogP) is 1.07. The van der Waals surface area contributed by atoms with E-state index >= 15 is 0 Å². The number of hydrogen-bond acceptors (Lipinski definition) is 6. The van der Waals surface area contributed by atoms with Crippen LogP contribution in [0.25, 0.3) is 0 Å². The highest BCUT2D eigenvalue weighted by Gasteiger charge is 2.19. The maximum Gasteiger partial charge on any atom is 0.360 e.